The number of aromatic nitrogens is 1. The highest BCUT2D eigenvalue weighted by molar-refractivity contribution is 8.06. The number of fused-ring (bicyclic) bond motifs is 1. The summed E-state index contributed by atoms with van der Waals surface area (Å²) < 4.78 is 10.2. The highest BCUT2D eigenvalue weighted by atomic mass is 32.2. The van der Waals surface area contributed by atoms with Crippen molar-refractivity contribution in [3.05, 3.63) is 21.7 Å². The Kier molecular flexibility index (Phi) is 9.11. The van der Waals surface area contributed by atoms with Gasteiger partial charge in [-0.25, -0.2) is 9.78 Å². The van der Waals surface area contributed by atoms with E-state index in [1.165, 1.54) is 33.8 Å². The van der Waals surface area contributed by atoms with Crippen molar-refractivity contribution >= 4 is 69.5 Å². The molecule has 0 spiro atoms. The number of nitrogen functional groups attached to an aromatic ring is 1. The lowest BCUT2D eigenvalue weighted by molar-refractivity contribution is -0.173. The molecule has 0 saturated carbocycles. The number of hydrogen-bond donors (Lipinski definition) is 3. The standard InChI is InChI=1S/C22H25N5O7S3/c1-5-6-7-35-12-9-36-18-14(25-16(28)13(26-32)11-8-37-21(23)24-11)17(29)27(18)15(12)19(30)33-10-34-20(31)22(2,3)4/h8,14,18,32H,7,9-10H2,1-4H3,(H2,23,24)(H,25,28)/b26-13-/t14-,18-/m1/s1. The van der Waals surface area contributed by atoms with Crippen molar-refractivity contribution in [3.8, 4) is 11.8 Å². The molecule has 4 N–H and O–H groups in total. The summed E-state index contributed by atoms with van der Waals surface area (Å²) in [6.45, 7) is 6.06. The van der Waals surface area contributed by atoms with Crippen LogP contribution < -0.4 is 11.1 Å². The number of rotatable bonds is 8. The Hall–Kier alpha value is -3.22. The maximum Gasteiger partial charge on any atom is 0.358 e. The molecule has 0 aliphatic carbocycles. The summed E-state index contributed by atoms with van der Waals surface area (Å²) >= 11 is 3.69. The van der Waals surface area contributed by atoms with Gasteiger partial charge in [-0.15, -0.1) is 40.8 Å². The predicted octanol–water partition coefficient (Wildman–Crippen LogP) is 1.36. The zero-order valence-corrected chi connectivity index (χ0v) is 22.8. The highest BCUT2D eigenvalue weighted by Crippen LogP contribution is 2.43. The smallest absolute Gasteiger partial charge is 0.358 e. The molecule has 2 atom stereocenters. The maximum absolute atomic E-state index is 13.1. The molecule has 12 nitrogen and oxygen atoms in total. The van der Waals surface area contributed by atoms with E-state index >= 15 is 0 Å². The Labute approximate surface area is 225 Å². The Morgan fingerprint density at radius 1 is 1.38 bits per heavy atom. The lowest BCUT2D eigenvalue weighted by Crippen LogP contribution is -2.71. The van der Waals surface area contributed by atoms with Gasteiger partial charge in [-0.2, -0.15) is 0 Å². The normalized spacial score (nSPS) is 19.3. The number of nitrogens with one attached hydrogen (secondary N) is 1. The van der Waals surface area contributed by atoms with Crippen LogP contribution in [-0.4, -0.2) is 74.3 Å². The van der Waals surface area contributed by atoms with Gasteiger partial charge in [0, 0.05) is 16.0 Å². The van der Waals surface area contributed by atoms with Gasteiger partial charge >= 0.3 is 11.9 Å². The number of β-lactam (4-membered cyclic amide) rings is 1. The van der Waals surface area contributed by atoms with E-state index < -0.39 is 53.1 Å². The number of esters is 2. The zero-order valence-electron chi connectivity index (χ0n) is 20.4. The Morgan fingerprint density at radius 3 is 2.70 bits per heavy atom. The van der Waals surface area contributed by atoms with E-state index in [9.17, 15) is 24.4 Å². The summed E-state index contributed by atoms with van der Waals surface area (Å²) in [5.74, 6) is 3.63. The quantitative estimate of drug-likeness (QED) is 0.0787. The molecule has 0 unspecified atom stereocenters. The number of thioether (sulfide) groups is 2. The molecule has 2 amide bonds. The van der Waals surface area contributed by atoms with Crippen LogP contribution >= 0.6 is 34.9 Å². The molecule has 0 radical (unpaired) electrons. The Bertz CT molecular complexity index is 1230. The van der Waals surface area contributed by atoms with Crippen LogP contribution in [0.25, 0.3) is 0 Å². The second-order valence-corrected chi connectivity index (χ2v) is 11.7. The summed E-state index contributed by atoms with van der Waals surface area (Å²) in [7, 11) is 0. The van der Waals surface area contributed by atoms with E-state index in [1.807, 2.05) is 0 Å². The Morgan fingerprint density at radius 2 is 2.11 bits per heavy atom. The topological polar surface area (TPSA) is 174 Å². The molecule has 1 saturated heterocycles. The van der Waals surface area contributed by atoms with Crippen LogP contribution in [0.5, 0.6) is 0 Å². The molecule has 15 heteroatoms. The largest absolute Gasteiger partial charge is 0.427 e. The van der Waals surface area contributed by atoms with Crippen LogP contribution in [-0.2, 0) is 28.7 Å². The first-order valence-electron chi connectivity index (χ1n) is 10.8. The van der Waals surface area contributed by atoms with E-state index in [2.05, 4.69) is 27.3 Å². The fourth-order valence-corrected chi connectivity index (χ4v) is 6.12. The fraction of sp³-hybridized carbons (Fsp3) is 0.455. The van der Waals surface area contributed by atoms with Gasteiger partial charge in [-0.05, 0) is 27.7 Å². The molecular formula is C22H25N5O7S3. The van der Waals surface area contributed by atoms with Crippen molar-refractivity contribution in [2.24, 2.45) is 10.6 Å². The van der Waals surface area contributed by atoms with Crippen LogP contribution in [0, 0.1) is 17.3 Å². The van der Waals surface area contributed by atoms with Crippen LogP contribution in [0.4, 0.5) is 5.13 Å². The fourth-order valence-electron chi connectivity index (χ4n) is 3.13. The van der Waals surface area contributed by atoms with E-state index in [4.69, 9.17) is 15.2 Å². The third kappa shape index (κ3) is 6.38. The number of hydrogen-bond acceptors (Lipinski definition) is 13. The second-order valence-electron chi connectivity index (χ2n) is 8.60. The number of nitrogens with two attached hydrogens (primary N) is 1. The van der Waals surface area contributed by atoms with Gasteiger partial charge in [0.25, 0.3) is 11.8 Å². The summed E-state index contributed by atoms with van der Waals surface area (Å²) in [6, 6.07) is -0.992. The predicted molar refractivity (Wildman–Crippen MR) is 139 cm³/mol. The van der Waals surface area contributed by atoms with E-state index in [0.29, 0.717) is 16.4 Å². The maximum atomic E-state index is 13.1. The number of thiazole rings is 1. The number of ether oxygens (including phenoxy) is 2. The molecule has 198 valence electrons. The molecule has 3 heterocycles. The van der Waals surface area contributed by atoms with Crippen LogP contribution in [0.1, 0.15) is 33.4 Å². The van der Waals surface area contributed by atoms with Gasteiger partial charge in [0.15, 0.2) is 10.8 Å². The molecule has 1 fully saturated rings. The molecule has 0 aromatic carbocycles. The Balaban J connectivity index is 1.75. The van der Waals surface area contributed by atoms with Gasteiger partial charge in [-0.3, -0.25) is 19.3 Å². The number of anilines is 1. The van der Waals surface area contributed by atoms with Gasteiger partial charge in [-0.1, -0.05) is 11.1 Å². The average molecular weight is 568 g/mol. The van der Waals surface area contributed by atoms with Crippen molar-refractivity contribution < 1.29 is 33.9 Å². The SMILES string of the molecule is CC#CCSC1=C(C(=O)OCOC(=O)C(C)(C)C)N2C(=O)[C@@H](NC(=O)/C(=N\O)c3csc(N)n3)[C@H]2SC1. The van der Waals surface area contributed by atoms with Crippen LogP contribution in [0.15, 0.2) is 21.1 Å². The van der Waals surface area contributed by atoms with Crippen molar-refractivity contribution in [1.29, 1.82) is 0 Å². The van der Waals surface area contributed by atoms with Crippen molar-refractivity contribution in [3.63, 3.8) is 0 Å². The molecule has 2 aliphatic heterocycles. The third-order valence-electron chi connectivity index (χ3n) is 4.98. The number of carbonyl (C=O) groups is 4. The minimum absolute atomic E-state index is 0.0114. The molecule has 37 heavy (non-hydrogen) atoms. The second kappa shape index (κ2) is 11.9. The first-order chi connectivity index (χ1) is 17.5. The number of amides is 2. The summed E-state index contributed by atoms with van der Waals surface area (Å²) in [5, 5.41) is 15.9. The summed E-state index contributed by atoms with van der Waals surface area (Å²) in [4.78, 5) is 56.5. The van der Waals surface area contributed by atoms with Gasteiger partial charge < -0.3 is 25.7 Å². The first kappa shape index (κ1) is 28.4. The average Bonchev–Trinajstić information content (AvgIpc) is 3.27. The number of nitrogens with zero attached hydrogens (tertiary/aromatic N) is 3. The third-order valence-corrected chi connectivity index (χ3v) is 8.09. The van der Waals surface area contributed by atoms with Crippen LogP contribution in [0.3, 0.4) is 0 Å². The summed E-state index contributed by atoms with van der Waals surface area (Å²) in [5.41, 5.74) is 4.48. The van der Waals surface area contributed by atoms with E-state index in [1.54, 1.807) is 27.7 Å². The minimum atomic E-state index is -0.992. The number of oxime groups is 1. The lowest BCUT2D eigenvalue weighted by Gasteiger charge is -2.49. The molecule has 1 aromatic rings. The van der Waals surface area contributed by atoms with E-state index in [-0.39, 0.29) is 16.5 Å². The summed E-state index contributed by atoms with van der Waals surface area (Å²) in [6.07, 6.45) is 0. The van der Waals surface area contributed by atoms with Gasteiger partial charge in [0.2, 0.25) is 6.79 Å². The monoisotopic (exact) mass is 567 g/mol. The van der Waals surface area contributed by atoms with Gasteiger partial charge in [0.05, 0.1) is 11.2 Å². The molecule has 0 bridgehead atoms. The lowest BCUT2D eigenvalue weighted by atomic mass is 9.98. The molecule has 2 aliphatic rings. The van der Waals surface area contributed by atoms with Crippen LogP contribution in [0.2, 0.25) is 0 Å². The molecule has 1 aromatic heterocycles. The highest BCUT2D eigenvalue weighted by Gasteiger charge is 2.55. The van der Waals surface area contributed by atoms with Gasteiger partial charge in [0.1, 0.15) is 22.8 Å². The van der Waals surface area contributed by atoms with Crippen molar-refractivity contribution in [2.75, 3.05) is 24.0 Å². The van der Waals surface area contributed by atoms with Crippen molar-refractivity contribution in [2.45, 2.75) is 39.1 Å². The molecular weight excluding hydrogens is 542 g/mol. The van der Waals surface area contributed by atoms with Crippen molar-refractivity contribution in [1.82, 2.24) is 15.2 Å². The zero-order chi connectivity index (χ0) is 27.3. The number of carbonyl (C=O) groups excluding carboxylic acids is 4. The first-order valence-corrected chi connectivity index (χ1v) is 13.7. The van der Waals surface area contributed by atoms with E-state index in [0.717, 1.165) is 11.3 Å². The minimum Gasteiger partial charge on any atom is -0.427 e. The molecule has 3 rings (SSSR count).